The van der Waals surface area contributed by atoms with E-state index < -0.39 is 28.1 Å². The van der Waals surface area contributed by atoms with Crippen LogP contribution in [0.4, 0.5) is 15.3 Å². The maximum absolute atomic E-state index is 12.1. The molecule has 0 saturated heterocycles. The van der Waals surface area contributed by atoms with Gasteiger partial charge in [-0.25, -0.2) is 22.3 Å². The predicted octanol–water partition coefficient (Wildman–Crippen LogP) is 2.75. The van der Waals surface area contributed by atoms with Crippen molar-refractivity contribution in [3.05, 3.63) is 42.5 Å². The van der Waals surface area contributed by atoms with Gasteiger partial charge < -0.3 is 5.32 Å². The summed E-state index contributed by atoms with van der Waals surface area (Å²) in [6.07, 6.45) is 0.912. The monoisotopic (exact) mass is 349 g/mol. The zero-order valence-corrected chi connectivity index (χ0v) is 14.4. The second-order valence-electron chi connectivity index (χ2n) is 5.56. The molecule has 4 amide bonds. The van der Waals surface area contributed by atoms with Gasteiger partial charge in [-0.3, -0.25) is 5.32 Å². The number of hydrogen-bond donors (Lipinski definition) is 2. The number of nitrogens with one attached hydrogen (secondary N) is 2. The smallest absolute Gasteiger partial charge is 0.307 e. The predicted molar refractivity (Wildman–Crippen MR) is 93.3 cm³/mol. The molecule has 0 aliphatic heterocycles. The molecule has 7 nitrogen and oxygen atoms in total. The summed E-state index contributed by atoms with van der Waals surface area (Å²) in [7, 11) is -3.78. The Kier molecular flexibility index (Phi) is 5.08. The van der Waals surface area contributed by atoms with Crippen LogP contribution in [0.15, 0.2) is 42.5 Å². The summed E-state index contributed by atoms with van der Waals surface area (Å²) in [4.78, 5) is 24.1. The SMILES string of the molecule is CC(C)N(C(=O)NC(=O)Nc1cccc2ccccc12)S(C)(=O)=O. The van der Waals surface area contributed by atoms with Gasteiger partial charge >= 0.3 is 12.1 Å². The van der Waals surface area contributed by atoms with Crippen molar-refractivity contribution in [2.24, 2.45) is 0 Å². The van der Waals surface area contributed by atoms with Crippen LogP contribution in [0.2, 0.25) is 0 Å². The first kappa shape index (κ1) is 17.7. The van der Waals surface area contributed by atoms with E-state index in [9.17, 15) is 18.0 Å². The van der Waals surface area contributed by atoms with Gasteiger partial charge in [0, 0.05) is 11.4 Å². The van der Waals surface area contributed by atoms with Gasteiger partial charge in [0.2, 0.25) is 10.0 Å². The van der Waals surface area contributed by atoms with Crippen LogP contribution in [0.5, 0.6) is 0 Å². The Hall–Kier alpha value is -2.61. The van der Waals surface area contributed by atoms with Gasteiger partial charge in [0.25, 0.3) is 0 Å². The second-order valence-corrected chi connectivity index (χ2v) is 7.42. The van der Waals surface area contributed by atoms with E-state index in [-0.39, 0.29) is 0 Å². The molecule has 0 aromatic heterocycles. The zero-order chi connectivity index (χ0) is 17.9. The van der Waals surface area contributed by atoms with Crippen LogP contribution in [-0.2, 0) is 10.0 Å². The fraction of sp³-hybridized carbons (Fsp3) is 0.250. The van der Waals surface area contributed by atoms with Gasteiger partial charge in [0.15, 0.2) is 0 Å². The number of sulfonamides is 1. The Morgan fingerprint density at radius 3 is 2.29 bits per heavy atom. The highest BCUT2D eigenvalue weighted by molar-refractivity contribution is 7.88. The molecule has 0 heterocycles. The van der Waals surface area contributed by atoms with Crippen LogP contribution >= 0.6 is 0 Å². The van der Waals surface area contributed by atoms with Crippen LogP contribution in [0.1, 0.15) is 13.8 Å². The second kappa shape index (κ2) is 6.88. The van der Waals surface area contributed by atoms with E-state index in [1.54, 1.807) is 26.0 Å². The van der Waals surface area contributed by atoms with Crippen molar-refractivity contribution in [2.45, 2.75) is 19.9 Å². The van der Waals surface area contributed by atoms with Gasteiger partial charge in [-0.2, -0.15) is 0 Å². The lowest BCUT2D eigenvalue weighted by Gasteiger charge is -2.24. The third-order valence-electron chi connectivity index (χ3n) is 3.28. The molecular formula is C16H19N3O4S. The van der Waals surface area contributed by atoms with Crippen LogP contribution in [-0.4, -0.2) is 37.1 Å². The molecule has 2 N–H and O–H groups in total. The van der Waals surface area contributed by atoms with Crippen molar-refractivity contribution in [1.82, 2.24) is 9.62 Å². The number of hydrogen-bond acceptors (Lipinski definition) is 4. The molecule has 0 unspecified atom stereocenters. The molecule has 0 fully saturated rings. The number of urea groups is 2. The zero-order valence-electron chi connectivity index (χ0n) is 13.6. The lowest BCUT2D eigenvalue weighted by Crippen LogP contribution is -2.49. The quantitative estimate of drug-likeness (QED) is 0.890. The van der Waals surface area contributed by atoms with E-state index in [4.69, 9.17) is 0 Å². The molecule has 8 heteroatoms. The number of nitrogens with zero attached hydrogens (tertiary/aromatic N) is 1. The maximum Gasteiger partial charge on any atom is 0.339 e. The van der Waals surface area contributed by atoms with E-state index in [0.717, 1.165) is 17.0 Å². The minimum absolute atomic E-state index is 0.522. The Morgan fingerprint density at radius 1 is 1.04 bits per heavy atom. The molecule has 0 aliphatic carbocycles. The van der Waals surface area contributed by atoms with Crippen molar-refractivity contribution in [3.63, 3.8) is 0 Å². The summed E-state index contributed by atoms with van der Waals surface area (Å²) in [5, 5.41) is 6.35. The Bertz CT molecular complexity index is 873. The maximum atomic E-state index is 12.1. The summed E-state index contributed by atoms with van der Waals surface area (Å²) in [6.45, 7) is 3.09. The van der Waals surface area contributed by atoms with Crippen molar-refractivity contribution >= 4 is 38.5 Å². The number of benzene rings is 2. The fourth-order valence-corrected chi connectivity index (χ4v) is 3.52. The van der Waals surface area contributed by atoms with Gasteiger partial charge in [0.1, 0.15) is 0 Å². The lowest BCUT2D eigenvalue weighted by atomic mass is 10.1. The van der Waals surface area contributed by atoms with Crippen LogP contribution in [0.3, 0.4) is 0 Å². The largest absolute Gasteiger partial charge is 0.339 e. The highest BCUT2D eigenvalue weighted by atomic mass is 32.2. The normalized spacial score (nSPS) is 11.3. The Balaban J connectivity index is 2.17. The summed E-state index contributed by atoms with van der Waals surface area (Å²) in [5.41, 5.74) is 0.522. The molecule has 0 saturated carbocycles. The Morgan fingerprint density at radius 2 is 1.67 bits per heavy atom. The van der Waals surface area contributed by atoms with Crippen LogP contribution in [0, 0.1) is 0 Å². The summed E-state index contributed by atoms with van der Waals surface area (Å²) in [5.74, 6) is 0. The summed E-state index contributed by atoms with van der Waals surface area (Å²) < 4.78 is 23.9. The molecule has 128 valence electrons. The van der Waals surface area contributed by atoms with Crippen LogP contribution in [0.25, 0.3) is 10.8 Å². The molecule has 2 aromatic carbocycles. The summed E-state index contributed by atoms with van der Waals surface area (Å²) in [6, 6.07) is 10.4. The first-order chi connectivity index (χ1) is 11.2. The Labute approximate surface area is 140 Å². The van der Waals surface area contributed by atoms with E-state index in [2.05, 4.69) is 5.32 Å². The summed E-state index contributed by atoms with van der Waals surface area (Å²) >= 11 is 0. The van der Waals surface area contributed by atoms with E-state index in [1.165, 1.54) is 0 Å². The average Bonchev–Trinajstić information content (AvgIpc) is 2.45. The van der Waals surface area contributed by atoms with Crippen molar-refractivity contribution < 1.29 is 18.0 Å². The third-order valence-corrected chi connectivity index (χ3v) is 4.59. The highest BCUT2D eigenvalue weighted by Gasteiger charge is 2.27. The van der Waals surface area contributed by atoms with Crippen molar-refractivity contribution in [3.8, 4) is 0 Å². The number of imide groups is 1. The highest BCUT2D eigenvalue weighted by Crippen LogP contribution is 2.22. The number of carbonyl (C=O) groups excluding carboxylic acids is 2. The molecule has 0 bridgehead atoms. The van der Waals surface area contributed by atoms with E-state index in [1.807, 2.05) is 35.6 Å². The van der Waals surface area contributed by atoms with Gasteiger partial charge in [-0.15, -0.1) is 0 Å². The standard InChI is InChI=1S/C16H19N3O4S/c1-11(2)19(24(3,22)23)16(21)18-15(20)17-14-10-6-8-12-7-4-5-9-13(12)14/h4-11H,1-3H3,(H2,17,18,20,21). The van der Waals surface area contributed by atoms with Crippen molar-refractivity contribution in [2.75, 3.05) is 11.6 Å². The van der Waals surface area contributed by atoms with Crippen LogP contribution < -0.4 is 10.6 Å². The molecule has 2 rings (SSSR count). The minimum Gasteiger partial charge on any atom is -0.307 e. The molecule has 24 heavy (non-hydrogen) atoms. The van der Waals surface area contributed by atoms with Crippen molar-refractivity contribution in [1.29, 1.82) is 0 Å². The van der Waals surface area contributed by atoms with E-state index in [0.29, 0.717) is 9.99 Å². The average molecular weight is 349 g/mol. The number of amides is 4. The number of anilines is 1. The molecular weight excluding hydrogens is 330 g/mol. The topological polar surface area (TPSA) is 95.6 Å². The first-order valence-electron chi connectivity index (χ1n) is 7.29. The van der Waals surface area contributed by atoms with Gasteiger partial charge in [-0.1, -0.05) is 36.4 Å². The van der Waals surface area contributed by atoms with E-state index >= 15 is 0 Å². The number of carbonyl (C=O) groups is 2. The molecule has 0 radical (unpaired) electrons. The first-order valence-corrected chi connectivity index (χ1v) is 9.14. The fourth-order valence-electron chi connectivity index (χ4n) is 2.41. The third kappa shape index (κ3) is 4.02. The molecule has 0 spiro atoms. The molecule has 0 aliphatic rings. The lowest BCUT2D eigenvalue weighted by molar-refractivity contribution is 0.213. The minimum atomic E-state index is -3.78. The number of fused-ring (bicyclic) bond motifs is 1. The molecule has 2 aromatic rings. The molecule has 0 atom stereocenters. The number of rotatable bonds is 3. The van der Waals surface area contributed by atoms with Gasteiger partial charge in [-0.05, 0) is 25.3 Å². The van der Waals surface area contributed by atoms with Gasteiger partial charge in [0.05, 0.1) is 11.9 Å².